The van der Waals surface area contributed by atoms with Gasteiger partial charge in [-0.15, -0.1) is 0 Å². The number of hydrogen-bond donors (Lipinski definition) is 1. The van der Waals surface area contributed by atoms with Crippen molar-refractivity contribution < 1.29 is 14.2 Å². The maximum Gasteiger partial charge on any atom is 0.161 e. The molecule has 3 unspecified atom stereocenters. The first-order valence-corrected chi connectivity index (χ1v) is 7.88. The Morgan fingerprint density at radius 2 is 1.90 bits per heavy atom. The van der Waals surface area contributed by atoms with Crippen LogP contribution in [0.4, 0.5) is 0 Å². The van der Waals surface area contributed by atoms with Crippen LogP contribution in [0.1, 0.15) is 33.1 Å². The van der Waals surface area contributed by atoms with E-state index in [0.29, 0.717) is 31.4 Å². The van der Waals surface area contributed by atoms with E-state index in [9.17, 15) is 0 Å². The Morgan fingerprint density at radius 3 is 2.62 bits per heavy atom. The molecule has 1 aromatic carbocycles. The summed E-state index contributed by atoms with van der Waals surface area (Å²) in [6, 6.07) is 8.74. The second kappa shape index (κ2) is 8.25. The van der Waals surface area contributed by atoms with E-state index in [1.54, 1.807) is 7.11 Å². The van der Waals surface area contributed by atoms with Crippen LogP contribution in [-0.2, 0) is 4.74 Å². The highest BCUT2D eigenvalue weighted by Crippen LogP contribution is 2.25. The molecule has 1 fully saturated rings. The Balaban J connectivity index is 1.74. The third kappa shape index (κ3) is 4.61. The van der Waals surface area contributed by atoms with Gasteiger partial charge in [0.15, 0.2) is 11.5 Å². The summed E-state index contributed by atoms with van der Waals surface area (Å²) < 4.78 is 17.0. The number of nitrogens with one attached hydrogen (secondary N) is 1. The Morgan fingerprint density at radius 1 is 1.14 bits per heavy atom. The number of ether oxygens (including phenoxy) is 3. The lowest BCUT2D eigenvalue weighted by Gasteiger charge is -2.35. The van der Waals surface area contributed by atoms with Crippen LogP contribution >= 0.6 is 0 Å². The Hall–Kier alpha value is -1.26. The van der Waals surface area contributed by atoms with Crippen LogP contribution in [0, 0.1) is 0 Å². The highest BCUT2D eigenvalue weighted by Gasteiger charge is 2.27. The predicted octanol–water partition coefficient (Wildman–Crippen LogP) is 3.01. The van der Waals surface area contributed by atoms with Gasteiger partial charge in [-0.2, -0.15) is 0 Å². The van der Waals surface area contributed by atoms with Crippen molar-refractivity contribution in [3.63, 3.8) is 0 Å². The summed E-state index contributed by atoms with van der Waals surface area (Å²) in [6.45, 7) is 5.60. The van der Waals surface area contributed by atoms with E-state index >= 15 is 0 Å². The monoisotopic (exact) mass is 293 g/mol. The number of para-hydroxylation sites is 2. The molecule has 0 aliphatic carbocycles. The van der Waals surface area contributed by atoms with E-state index in [0.717, 1.165) is 24.3 Å². The minimum atomic E-state index is 0.299. The molecule has 0 bridgehead atoms. The normalized spacial score (nSPS) is 25.6. The quantitative estimate of drug-likeness (QED) is 0.785. The zero-order valence-electron chi connectivity index (χ0n) is 13.3. The fourth-order valence-corrected chi connectivity index (χ4v) is 2.84. The summed E-state index contributed by atoms with van der Waals surface area (Å²) in [5, 5.41) is 3.61. The summed E-state index contributed by atoms with van der Waals surface area (Å²) >= 11 is 0. The van der Waals surface area contributed by atoms with Crippen molar-refractivity contribution in [3.05, 3.63) is 24.3 Å². The Kier molecular flexibility index (Phi) is 6.33. The third-order valence-electron chi connectivity index (χ3n) is 4.01. The number of rotatable bonds is 7. The molecule has 0 saturated carbocycles. The molecule has 4 nitrogen and oxygen atoms in total. The van der Waals surface area contributed by atoms with Gasteiger partial charge in [0.25, 0.3) is 0 Å². The lowest BCUT2D eigenvalue weighted by Crippen LogP contribution is -2.50. The second-order valence-electron chi connectivity index (χ2n) is 5.57. The molecule has 0 amide bonds. The molecular formula is C17H27NO3. The van der Waals surface area contributed by atoms with Crippen molar-refractivity contribution in [1.29, 1.82) is 0 Å². The highest BCUT2D eigenvalue weighted by molar-refractivity contribution is 5.39. The fraction of sp³-hybridized carbons (Fsp3) is 0.647. The maximum absolute atomic E-state index is 6.00. The summed E-state index contributed by atoms with van der Waals surface area (Å²) in [6.07, 6.45) is 3.70. The molecule has 2 rings (SSSR count). The number of methoxy groups -OCH3 is 1. The topological polar surface area (TPSA) is 39.7 Å². The van der Waals surface area contributed by atoms with Crippen LogP contribution in [0.25, 0.3) is 0 Å². The standard InChI is InChI=1S/C17H27NO3/c1-4-14-15(10-9-13(2)18-14)20-11-12-21-17-8-6-5-7-16(17)19-3/h5-8,13-15,18H,4,9-12H2,1-3H3. The van der Waals surface area contributed by atoms with Crippen molar-refractivity contribution in [2.24, 2.45) is 0 Å². The first-order chi connectivity index (χ1) is 10.2. The van der Waals surface area contributed by atoms with Crippen molar-refractivity contribution >= 4 is 0 Å². The molecule has 1 aromatic rings. The largest absolute Gasteiger partial charge is 0.493 e. The Labute approximate surface area is 127 Å². The molecule has 1 saturated heterocycles. The molecule has 4 heteroatoms. The van der Waals surface area contributed by atoms with Gasteiger partial charge in [-0.25, -0.2) is 0 Å². The molecule has 1 N–H and O–H groups in total. The summed E-state index contributed by atoms with van der Waals surface area (Å²) in [5.41, 5.74) is 0. The van der Waals surface area contributed by atoms with Gasteiger partial charge in [-0.3, -0.25) is 0 Å². The van der Waals surface area contributed by atoms with Crippen molar-refractivity contribution in [3.8, 4) is 11.5 Å². The molecule has 118 valence electrons. The lowest BCUT2D eigenvalue weighted by atomic mass is 9.95. The SMILES string of the molecule is CCC1NC(C)CCC1OCCOc1ccccc1OC. The zero-order valence-corrected chi connectivity index (χ0v) is 13.3. The van der Waals surface area contributed by atoms with E-state index in [4.69, 9.17) is 14.2 Å². The molecule has 0 radical (unpaired) electrons. The van der Waals surface area contributed by atoms with Gasteiger partial charge >= 0.3 is 0 Å². The van der Waals surface area contributed by atoms with Gasteiger partial charge in [0, 0.05) is 12.1 Å². The average Bonchev–Trinajstić information content (AvgIpc) is 2.52. The van der Waals surface area contributed by atoms with Gasteiger partial charge in [0.1, 0.15) is 6.61 Å². The van der Waals surface area contributed by atoms with Crippen LogP contribution in [0.5, 0.6) is 11.5 Å². The van der Waals surface area contributed by atoms with E-state index in [1.165, 1.54) is 6.42 Å². The molecule has 0 aromatic heterocycles. The maximum atomic E-state index is 6.00. The average molecular weight is 293 g/mol. The van der Waals surface area contributed by atoms with E-state index in [-0.39, 0.29) is 0 Å². The highest BCUT2D eigenvalue weighted by atomic mass is 16.5. The molecule has 1 heterocycles. The third-order valence-corrected chi connectivity index (χ3v) is 4.01. The van der Waals surface area contributed by atoms with Gasteiger partial charge in [-0.1, -0.05) is 19.1 Å². The molecular weight excluding hydrogens is 266 g/mol. The van der Waals surface area contributed by atoms with Crippen LogP contribution in [0.3, 0.4) is 0 Å². The molecule has 1 aliphatic rings. The summed E-state index contributed by atoms with van der Waals surface area (Å²) in [5.74, 6) is 1.53. The molecule has 3 atom stereocenters. The van der Waals surface area contributed by atoms with Gasteiger partial charge in [-0.05, 0) is 38.3 Å². The zero-order chi connectivity index (χ0) is 15.1. The van der Waals surface area contributed by atoms with Crippen LogP contribution in [0.15, 0.2) is 24.3 Å². The number of benzene rings is 1. The van der Waals surface area contributed by atoms with Crippen molar-refractivity contribution in [1.82, 2.24) is 5.32 Å². The van der Waals surface area contributed by atoms with E-state index in [1.807, 2.05) is 24.3 Å². The van der Waals surface area contributed by atoms with Crippen molar-refractivity contribution in [2.75, 3.05) is 20.3 Å². The summed E-state index contributed by atoms with van der Waals surface area (Å²) in [7, 11) is 1.65. The van der Waals surface area contributed by atoms with Crippen LogP contribution in [-0.4, -0.2) is 38.5 Å². The second-order valence-corrected chi connectivity index (χ2v) is 5.57. The molecule has 0 spiro atoms. The fourth-order valence-electron chi connectivity index (χ4n) is 2.84. The predicted molar refractivity (Wildman–Crippen MR) is 84.1 cm³/mol. The van der Waals surface area contributed by atoms with E-state index in [2.05, 4.69) is 19.2 Å². The Bertz CT molecular complexity index is 424. The minimum Gasteiger partial charge on any atom is -0.493 e. The smallest absolute Gasteiger partial charge is 0.161 e. The lowest BCUT2D eigenvalue weighted by molar-refractivity contribution is -0.0123. The molecule has 1 aliphatic heterocycles. The summed E-state index contributed by atoms with van der Waals surface area (Å²) in [4.78, 5) is 0. The van der Waals surface area contributed by atoms with Crippen LogP contribution < -0.4 is 14.8 Å². The first kappa shape index (κ1) is 16.1. The van der Waals surface area contributed by atoms with Gasteiger partial charge in [0.2, 0.25) is 0 Å². The number of hydrogen-bond acceptors (Lipinski definition) is 4. The first-order valence-electron chi connectivity index (χ1n) is 7.88. The van der Waals surface area contributed by atoms with Gasteiger partial charge in [0.05, 0.1) is 19.8 Å². The van der Waals surface area contributed by atoms with Gasteiger partial charge < -0.3 is 19.5 Å². The van der Waals surface area contributed by atoms with E-state index < -0.39 is 0 Å². The number of piperidine rings is 1. The molecule has 21 heavy (non-hydrogen) atoms. The van der Waals surface area contributed by atoms with Crippen LogP contribution in [0.2, 0.25) is 0 Å². The van der Waals surface area contributed by atoms with Crippen molar-refractivity contribution in [2.45, 2.75) is 51.3 Å². The minimum absolute atomic E-state index is 0.299.